The number of fused-ring (bicyclic) bond motifs is 1. The Balaban J connectivity index is 1.98. The van der Waals surface area contributed by atoms with Crippen molar-refractivity contribution >= 4 is 11.0 Å². The van der Waals surface area contributed by atoms with Gasteiger partial charge in [0.2, 0.25) is 0 Å². The minimum absolute atomic E-state index is 0.760. The fourth-order valence-electron chi connectivity index (χ4n) is 2.55. The highest BCUT2D eigenvalue weighted by molar-refractivity contribution is 5.75. The largest absolute Gasteiger partial charge is 0.328 e. The van der Waals surface area contributed by atoms with E-state index in [0.717, 1.165) is 36.9 Å². The van der Waals surface area contributed by atoms with Crippen molar-refractivity contribution in [1.82, 2.24) is 14.9 Å². The second-order valence-electron chi connectivity index (χ2n) is 4.62. The molecule has 1 aliphatic heterocycles. The van der Waals surface area contributed by atoms with Gasteiger partial charge in [-0.2, -0.15) is 0 Å². The molecule has 0 spiro atoms. The van der Waals surface area contributed by atoms with Crippen molar-refractivity contribution in [1.29, 1.82) is 0 Å². The first kappa shape index (κ1) is 9.85. The fraction of sp³-hybridized carbons (Fsp3) is 0.462. The number of hydrogen-bond acceptors (Lipinski definition) is 2. The number of imidazole rings is 1. The summed E-state index contributed by atoms with van der Waals surface area (Å²) in [5.74, 6) is 1.89. The number of aryl methyl sites for hydroxylation is 1. The van der Waals surface area contributed by atoms with Gasteiger partial charge in [0.05, 0.1) is 11.0 Å². The minimum Gasteiger partial charge on any atom is -0.328 e. The molecular weight excluding hydrogens is 198 g/mol. The van der Waals surface area contributed by atoms with Crippen molar-refractivity contribution < 1.29 is 0 Å². The van der Waals surface area contributed by atoms with E-state index >= 15 is 0 Å². The molecule has 1 unspecified atom stereocenters. The van der Waals surface area contributed by atoms with Crippen LogP contribution in [0.25, 0.3) is 11.0 Å². The standard InChI is InChI=1S/C13H17N3/c1-10-15-12-4-2-3-5-13(12)16(10)9-11-6-7-14-8-11/h2-5,11,14H,6-9H2,1H3. The molecule has 1 aliphatic rings. The van der Waals surface area contributed by atoms with Crippen LogP contribution in [0.15, 0.2) is 24.3 Å². The molecule has 1 aromatic carbocycles. The zero-order valence-electron chi connectivity index (χ0n) is 9.61. The highest BCUT2D eigenvalue weighted by Crippen LogP contribution is 2.19. The maximum atomic E-state index is 4.60. The molecule has 1 fully saturated rings. The molecule has 84 valence electrons. The summed E-state index contributed by atoms with van der Waals surface area (Å²) in [5, 5.41) is 3.42. The topological polar surface area (TPSA) is 29.9 Å². The fourth-order valence-corrected chi connectivity index (χ4v) is 2.55. The highest BCUT2D eigenvalue weighted by atomic mass is 15.1. The van der Waals surface area contributed by atoms with Crippen molar-refractivity contribution in [3.05, 3.63) is 30.1 Å². The zero-order chi connectivity index (χ0) is 11.0. The first-order valence-corrected chi connectivity index (χ1v) is 5.97. The molecule has 1 atom stereocenters. The van der Waals surface area contributed by atoms with E-state index in [2.05, 4.69) is 46.1 Å². The lowest BCUT2D eigenvalue weighted by Crippen LogP contribution is -2.15. The van der Waals surface area contributed by atoms with E-state index < -0.39 is 0 Å². The third-order valence-corrected chi connectivity index (χ3v) is 3.45. The molecule has 0 amide bonds. The Kier molecular flexibility index (Phi) is 2.40. The van der Waals surface area contributed by atoms with Gasteiger partial charge in [-0.1, -0.05) is 12.1 Å². The van der Waals surface area contributed by atoms with Gasteiger partial charge >= 0.3 is 0 Å². The van der Waals surface area contributed by atoms with Gasteiger partial charge in [-0.05, 0) is 44.5 Å². The predicted molar refractivity (Wildman–Crippen MR) is 65.4 cm³/mol. The van der Waals surface area contributed by atoms with Crippen LogP contribution in [0.3, 0.4) is 0 Å². The maximum absolute atomic E-state index is 4.60. The van der Waals surface area contributed by atoms with E-state index in [1.54, 1.807) is 0 Å². The van der Waals surface area contributed by atoms with Crippen molar-refractivity contribution in [3.8, 4) is 0 Å². The smallest absolute Gasteiger partial charge is 0.106 e. The van der Waals surface area contributed by atoms with Gasteiger partial charge in [-0.3, -0.25) is 0 Å². The van der Waals surface area contributed by atoms with Crippen molar-refractivity contribution in [2.24, 2.45) is 5.92 Å². The number of para-hydroxylation sites is 2. The maximum Gasteiger partial charge on any atom is 0.106 e. The van der Waals surface area contributed by atoms with Crippen LogP contribution < -0.4 is 5.32 Å². The van der Waals surface area contributed by atoms with Gasteiger partial charge in [0.15, 0.2) is 0 Å². The van der Waals surface area contributed by atoms with Crippen LogP contribution in [0.1, 0.15) is 12.2 Å². The summed E-state index contributed by atoms with van der Waals surface area (Å²) in [7, 11) is 0. The number of nitrogens with one attached hydrogen (secondary N) is 1. The second kappa shape index (κ2) is 3.91. The lowest BCUT2D eigenvalue weighted by atomic mass is 10.1. The molecule has 0 aliphatic carbocycles. The van der Waals surface area contributed by atoms with E-state index in [1.165, 1.54) is 11.9 Å². The van der Waals surface area contributed by atoms with Crippen LogP contribution in [0, 0.1) is 12.8 Å². The molecule has 0 saturated carbocycles. The quantitative estimate of drug-likeness (QED) is 0.830. The average molecular weight is 215 g/mol. The Bertz CT molecular complexity index is 495. The molecule has 3 heteroatoms. The molecular formula is C13H17N3. The second-order valence-corrected chi connectivity index (χ2v) is 4.62. The summed E-state index contributed by atoms with van der Waals surface area (Å²) >= 11 is 0. The lowest BCUT2D eigenvalue weighted by Gasteiger charge is -2.11. The minimum atomic E-state index is 0.760. The Hall–Kier alpha value is -1.35. The Morgan fingerprint density at radius 3 is 3.12 bits per heavy atom. The number of aromatic nitrogens is 2. The summed E-state index contributed by atoms with van der Waals surface area (Å²) in [5.41, 5.74) is 2.39. The molecule has 0 bridgehead atoms. The van der Waals surface area contributed by atoms with Gasteiger partial charge in [0.1, 0.15) is 5.82 Å². The summed E-state index contributed by atoms with van der Waals surface area (Å²) in [6, 6.07) is 8.40. The predicted octanol–water partition coefficient (Wildman–Crippen LogP) is 1.95. The molecule has 0 radical (unpaired) electrons. The Morgan fingerprint density at radius 2 is 2.31 bits per heavy atom. The van der Waals surface area contributed by atoms with Gasteiger partial charge in [-0.25, -0.2) is 4.98 Å². The van der Waals surface area contributed by atoms with Crippen LogP contribution >= 0.6 is 0 Å². The third-order valence-electron chi connectivity index (χ3n) is 3.45. The van der Waals surface area contributed by atoms with E-state index in [4.69, 9.17) is 0 Å². The van der Waals surface area contributed by atoms with Crippen LogP contribution in [0.5, 0.6) is 0 Å². The summed E-state index contributed by atoms with van der Waals surface area (Å²) in [6.45, 7) is 5.50. The molecule has 1 N–H and O–H groups in total. The summed E-state index contributed by atoms with van der Waals surface area (Å²) < 4.78 is 2.35. The molecule has 3 rings (SSSR count). The Morgan fingerprint density at radius 1 is 1.44 bits per heavy atom. The molecule has 2 heterocycles. The van der Waals surface area contributed by atoms with Gasteiger partial charge in [0.25, 0.3) is 0 Å². The first-order valence-electron chi connectivity index (χ1n) is 5.97. The van der Waals surface area contributed by atoms with E-state index in [0.29, 0.717) is 0 Å². The number of nitrogens with zero attached hydrogens (tertiary/aromatic N) is 2. The third kappa shape index (κ3) is 1.61. The van der Waals surface area contributed by atoms with Crippen molar-refractivity contribution in [3.63, 3.8) is 0 Å². The van der Waals surface area contributed by atoms with Gasteiger partial charge in [0, 0.05) is 6.54 Å². The number of benzene rings is 1. The number of rotatable bonds is 2. The van der Waals surface area contributed by atoms with Crippen LogP contribution in [0.2, 0.25) is 0 Å². The molecule has 1 saturated heterocycles. The Labute approximate surface area is 95.5 Å². The van der Waals surface area contributed by atoms with E-state index in [9.17, 15) is 0 Å². The van der Waals surface area contributed by atoms with Gasteiger partial charge < -0.3 is 9.88 Å². The van der Waals surface area contributed by atoms with E-state index in [-0.39, 0.29) is 0 Å². The SMILES string of the molecule is Cc1nc2ccccc2n1CC1CCNC1. The number of hydrogen-bond donors (Lipinski definition) is 1. The molecule has 16 heavy (non-hydrogen) atoms. The molecule has 2 aromatic rings. The lowest BCUT2D eigenvalue weighted by molar-refractivity contribution is 0.482. The summed E-state index contributed by atoms with van der Waals surface area (Å²) in [6.07, 6.45) is 1.28. The highest BCUT2D eigenvalue weighted by Gasteiger charge is 2.17. The van der Waals surface area contributed by atoms with Crippen molar-refractivity contribution in [2.45, 2.75) is 19.9 Å². The normalized spacial score (nSPS) is 20.7. The van der Waals surface area contributed by atoms with Crippen LogP contribution in [-0.2, 0) is 6.54 Å². The zero-order valence-corrected chi connectivity index (χ0v) is 9.61. The molecule has 1 aromatic heterocycles. The van der Waals surface area contributed by atoms with Crippen molar-refractivity contribution in [2.75, 3.05) is 13.1 Å². The van der Waals surface area contributed by atoms with Crippen LogP contribution in [0.4, 0.5) is 0 Å². The van der Waals surface area contributed by atoms with E-state index in [1.807, 2.05) is 0 Å². The average Bonchev–Trinajstić information content (AvgIpc) is 2.89. The van der Waals surface area contributed by atoms with Gasteiger partial charge in [-0.15, -0.1) is 0 Å². The molecule has 3 nitrogen and oxygen atoms in total. The monoisotopic (exact) mass is 215 g/mol. The summed E-state index contributed by atoms with van der Waals surface area (Å²) in [4.78, 5) is 4.60. The first-order chi connectivity index (χ1) is 7.84. The van der Waals surface area contributed by atoms with Crippen LogP contribution in [-0.4, -0.2) is 22.6 Å².